The molecule has 0 saturated carbocycles. The van der Waals surface area contributed by atoms with E-state index in [9.17, 15) is 9.90 Å². The summed E-state index contributed by atoms with van der Waals surface area (Å²) in [5.41, 5.74) is 4.30. The van der Waals surface area contributed by atoms with E-state index in [1.807, 2.05) is 42.5 Å². The van der Waals surface area contributed by atoms with Gasteiger partial charge >= 0.3 is 0 Å². The van der Waals surface area contributed by atoms with Gasteiger partial charge in [-0.25, -0.2) is 9.97 Å². The van der Waals surface area contributed by atoms with Crippen LogP contribution in [-0.4, -0.2) is 31.2 Å². The van der Waals surface area contributed by atoms with Crippen LogP contribution in [0.3, 0.4) is 0 Å². The van der Waals surface area contributed by atoms with Crippen LogP contribution in [0.15, 0.2) is 71.8 Å². The van der Waals surface area contributed by atoms with Crippen LogP contribution in [-0.2, 0) is 6.54 Å². The van der Waals surface area contributed by atoms with Gasteiger partial charge in [-0.05, 0) is 31.2 Å². The number of H-pyrrole nitrogens is 1. The van der Waals surface area contributed by atoms with Crippen molar-refractivity contribution in [3.63, 3.8) is 0 Å². The number of benzene rings is 2. The van der Waals surface area contributed by atoms with E-state index in [-0.39, 0.29) is 11.3 Å². The normalized spacial score (nSPS) is 10.8. The van der Waals surface area contributed by atoms with Crippen molar-refractivity contribution in [3.8, 4) is 28.3 Å². The van der Waals surface area contributed by atoms with Crippen LogP contribution in [0.1, 0.15) is 5.69 Å². The molecule has 7 heteroatoms. The minimum atomic E-state index is -0.182. The summed E-state index contributed by atoms with van der Waals surface area (Å²) in [6.45, 7) is 2.96. The summed E-state index contributed by atoms with van der Waals surface area (Å²) in [7, 11) is 0. The molecule has 0 unspecified atom stereocenters. The molecule has 2 heterocycles. The second-order valence-electron chi connectivity index (χ2n) is 6.71. The van der Waals surface area contributed by atoms with Gasteiger partial charge in [-0.15, -0.1) is 0 Å². The molecule has 7 nitrogen and oxygen atoms in total. The summed E-state index contributed by atoms with van der Waals surface area (Å²) in [4.78, 5) is 23.2. The molecule has 0 saturated heterocycles. The highest BCUT2D eigenvalue weighted by atomic mass is 16.3. The van der Waals surface area contributed by atoms with Crippen molar-refractivity contribution >= 4 is 5.95 Å². The Morgan fingerprint density at radius 3 is 2.55 bits per heavy atom. The van der Waals surface area contributed by atoms with E-state index in [0.29, 0.717) is 24.7 Å². The van der Waals surface area contributed by atoms with Crippen LogP contribution >= 0.6 is 0 Å². The van der Waals surface area contributed by atoms with Crippen molar-refractivity contribution in [3.05, 3.63) is 83.0 Å². The SMILES string of the molecule is Cc1cc(=O)[nH]c(NCCn2cnc(-c3ccccc3)c2-c2ccc(O)cc2)n1. The number of hydrogen-bond acceptors (Lipinski definition) is 5. The lowest BCUT2D eigenvalue weighted by atomic mass is 10.0. The third-order valence-corrected chi connectivity index (χ3v) is 4.54. The number of anilines is 1. The molecule has 0 aliphatic heterocycles. The molecule has 0 bridgehead atoms. The molecule has 0 aliphatic carbocycles. The summed E-state index contributed by atoms with van der Waals surface area (Å²) in [5.74, 6) is 0.668. The Hall–Kier alpha value is -3.87. The van der Waals surface area contributed by atoms with Crippen LogP contribution in [0.2, 0.25) is 0 Å². The highest BCUT2D eigenvalue weighted by Crippen LogP contribution is 2.32. The van der Waals surface area contributed by atoms with Crippen LogP contribution in [0.4, 0.5) is 5.95 Å². The lowest BCUT2D eigenvalue weighted by molar-refractivity contribution is 0.475. The van der Waals surface area contributed by atoms with E-state index in [0.717, 1.165) is 22.5 Å². The molecular formula is C22H21N5O2. The van der Waals surface area contributed by atoms with E-state index in [1.165, 1.54) is 6.07 Å². The fraction of sp³-hybridized carbons (Fsp3) is 0.136. The molecule has 29 heavy (non-hydrogen) atoms. The minimum Gasteiger partial charge on any atom is -0.508 e. The first-order chi connectivity index (χ1) is 14.1. The van der Waals surface area contributed by atoms with E-state index >= 15 is 0 Å². The van der Waals surface area contributed by atoms with Gasteiger partial charge in [0.05, 0.1) is 17.7 Å². The van der Waals surface area contributed by atoms with Crippen molar-refractivity contribution in [2.75, 3.05) is 11.9 Å². The van der Waals surface area contributed by atoms with Gasteiger partial charge in [0, 0.05) is 36.0 Å². The first kappa shape index (κ1) is 18.5. The average Bonchev–Trinajstić information content (AvgIpc) is 3.12. The summed E-state index contributed by atoms with van der Waals surface area (Å²) in [6.07, 6.45) is 1.80. The lowest BCUT2D eigenvalue weighted by Crippen LogP contribution is -2.16. The zero-order valence-corrected chi connectivity index (χ0v) is 16.0. The fourth-order valence-corrected chi connectivity index (χ4v) is 3.24. The Balaban J connectivity index is 1.63. The fourth-order valence-electron chi connectivity index (χ4n) is 3.24. The second-order valence-corrected chi connectivity index (χ2v) is 6.71. The van der Waals surface area contributed by atoms with Crippen molar-refractivity contribution in [1.29, 1.82) is 0 Å². The van der Waals surface area contributed by atoms with E-state index in [1.54, 1.807) is 25.4 Å². The number of rotatable bonds is 6. The molecule has 2 aromatic heterocycles. The van der Waals surface area contributed by atoms with E-state index < -0.39 is 0 Å². The van der Waals surface area contributed by atoms with Crippen LogP contribution in [0.5, 0.6) is 5.75 Å². The third-order valence-electron chi connectivity index (χ3n) is 4.54. The number of nitrogens with zero attached hydrogens (tertiary/aromatic N) is 3. The zero-order valence-electron chi connectivity index (χ0n) is 16.0. The standard InChI is InChI=1S/C22H21N5O2/c1-15-13-19(29)26-22(25-15)23-11-12-27-14-24-20(16-5-3-2-4-6-16)21(27)17-7-9-18(28)10-8-17/h2-10,13-14,28H,11-12H2,1H3,(H2,23,25,26,29). The second kappa shape index (κ2) is 8.02. The first-order valence-corrected chi connectivity index (χ1v) is 9.32. The van der Waals surface area contributed by atoms with Crippen molar-refractivity contribution in [2.45, 2.75) is 13.5 Å². The number of aryl methyl sites for hydroxylation is 1. The molecule has 4 rings (SSSR count). The maximum atomic E-state index is 11.6. The molecule has 0 aliphatic rings. The van der Waals surface area contributed by atoms with Gasteiger partial charge in [-0.3, -0.25) is 9.78 Å². The molecule has 0 fully saturated rings. The van der Waals surface area contributed by atoms with Crippen LogP contribution < -0.4 is 10.9 Å². The molecule has 0 amide bonds. The van der Waals surface area contributed by atoms with Gasteiger partial charge < -0.3 is 15.0 Å². The molecule has 4 aromatic rings. The maximum absolute atomic E-state index is 11.6. The number of hydrogen-bond donors (Lipinski definition) is 3. The lowest BCUT2D eigenvalue weighted by Gasteiger charge is -2.12. The van der Waals surface area contributed by atoms with Crippen molar-refractivity contribution in [1.82, 2.24) is 19.5 Å². The molecular weight excluding hydrogens is 366 g/mol. The number of imidazole rings is 1. The van der Waals surface area contributed by atoms with Gasteiger partial charge in [0.1, 0.15) is 5.75 Å². The van der Waals surface area contributed by atoms with Gasteiger partial charge in [0.15, 0.2) is 0 Å². The van der Waals surface area contributed by atoms with Gasteiger partial charge in [-0.2, -0.15) is 0 Å². The highest BCUT2D eigenvalue weighted by Gasteiger charge is 2.15. The number of aromatic hydroxyl groups is 1. The van der Waals surface area contributed by atoms with Gasteiger partial charge in [0.25, 0.3) is 5.56 Å². The largest absolute Gasteiger partial charge is 0.508 e. The van der Waals surface area contributed by atoms with E-state index in [4.69, 9.17) is 0 Å². The molecule has 146 valence electrons. The quantitative estimate of drug-likeness (QED) is 0.471. The number of phenolic OH excluding ortho intramolecular Hbond substituents is 1. The Morgan fingerprint density at radius 2 is 1.83 bits per heavy atom. The van der Waals surface area contributed by atoms with Crippen LogP contribution in [0, 0.1) is 6.92 Å². The zero-order chi connectivity index (χ0) is 20.2. The minimum absolute atomic E-state index is 0.182. The summed E-state index contributed by atoms with van der Waals surface area (Å²) in [5, 5.41) is 12.8. The molecule has 3 N–H and O–H groups in total. The predicted octanol–water partition coefficient (Wildman–Crippen LogP) is 3.43. The number of nitrogens with one attached hydrogen (secondary N) is 2. The Labute approximate surface area is 167 Å². The molecule has 0 spiro atoms. The summed E-state index contributed by atoms with van der Waals surface area (Å²) >= 11 is 0. The van der Waals surface area contributed by atoms with E-state index in [2.05, 4.69) is 24.8 Å². The predicted molar refractivity (Wildman–Crippen MR) is 113 cm³/mol. The number of phenols is 1. The average molecular weight is 387 g/mol. The molecule has 0 radical (unpaired) electrons. The summed E-state index contributed by atoms with van der Waals surface area (Å²) < 4.78 is 2.05. The van der Waals surface area contributed by atoms with Crippen molar-refractivity contribution < 1.29 is 5.11 Å². The van der Waals surface area contributed by atoms with Gasteiger partial charge in [-0.1, -0.05) is 30.3 Å². The molecule has 0 atom stereocenters. The first-order valence-electron chi connectivity index (χ1n) is 9.32. The third kappa shape index (κ3) is 4.19. The maximum Gasteiger partial charge on any atom is 0.252 e. The Kier molecular flexibility index (Phi) is 5.11. The highest BCUT2D eigenvalue weighted by molar-refractivity contribution is 5.78. The monoisotopic (exact) mass is 387 g/mol. The Morgan fingerprint density at radius 1 is 1.07 bits per heavy atom. The number of aromatic amines is 1. The summed E-state index contributed by atoms with van der Waals surface area (Å²) in [6, 6.07) is 18.5. The smallest absolute Gasteiger partial charge is 0.252 e. The number of aromatic nitrogens is 4. The topological polar surface area (TPSA) is 95.8 Å². The van der Waals surface area contributed by atoms with Gasteiger partial charge in [0.2, 0.25) is 5.95 Å². The molecule has 2 aromatic carbocycles. The Bertz CT molecular complexity index is 1160. The van der Waals surface area contributed by atoms with Crippen LogP contribution in [0.25, 0.3) is 22.5 Å². The van der Waals surface area contributed by atoms with Crippen molar-refractivity contribution in [2.24, 2.45) is 0 Å².